The van der Waals surface area contributed by atoms with Gasteiger partial charge in [-0.05, 0) is 75.9 Å². The second-order valence-electron chi connectivity index (χ2n) is 13.4. The van der Waals surface area contributed by atoms with Crippen LogP contribution in [-0.4, -0.2) is 18.8 Å². The Morgan fingerprint density at radius 3 is 2.13 bits per heavy atom. The van der Waals surface area contributed by atoms with Crippen molar-refractivity contribution in [1.82, 2.24) is 0 Å². The third kappa shape index (κ3) is 3.54. The summed E-state index contributed by atoms with van der Waals surface area (Å²) >= 11 is 0. The quantitative estimate of drug-likeness (QED) is 0.289. The van der Waals surface area contributed by atoms with Crippen LogP contribution in [0.1, 0.15) is 63.6 Å². The molecule has 200 valence electrons. The van der Waals surface area contributed by atoms with Crippen molar-refractivity contribution in [2.45, 2.75) is 58.2 Å². The van der Waals surface area contributed by atoms with Gasteiger partial charge in [0.15, 0.2) is 18.1 Å². The van der Waals surface area contributed by atoms with Gasteiger partial charge in [-0.15, -0.1) is 0 Å². The Kier molecular flexibility index (Phi) is 5.04. The molecule has 0 aromatic heterocycles. The van der Waals surface area contributed by atoms with Crippen LogP contribution in [0.2, 0.25) is 0 Å². The van der Waals surface area contributed by atoms with E-state index in [0.29, 0.717) is 11.5 Å². The van der Waals surface area contributed by atoms with Gasteiger partial charge in [-0.2, -0.15) is 0 Å². The third-order valence-electron chi connectivity index (χ3n) is 9.16. The molecule has 4 aromatic rings. The van der Waals surface area contributed by atoms with Crippen LogP contribution in [0.3, 0.4) is 0 Å². The zero-order valence-corrected chi connectivity index (χ0v) is 23.4. The molecule has 1 fully saturated rings. The van der Waals surface area contributed by atoms with E-state index in [1.165, 1.54) is 28.7 Å². The molecule has 1 unspecified atom stereocenters. The first-order chi connectivity index (χ1) is 18.6. The maximum atomic E-state index is 11.6. The summed E-state index contributed by atoms with van der Waals surface area (Å²) in [5.74, 6) is 0.457. The maximum Gasteiger partial charge on any atom is 0.271 e. The Hall–Kier alpha value is -3.50. The molecule has 39 heavy (non-hydrogen) atoms. The van der Waals surface area contributed by atoms with Crippen molar-refractivity contribution in [2.75, 3.05) is 13.7 Å². The lowest BCUT2D eigenvalue weighted by molar-refractivity contribution is -0.204. The number of aromatic hydroxyl groups is 1. The molecule has 0 amide bonds. The van der Waals surface area contributed by atoms with E-state index in [1.807, 2.05) is 42.5 Å². The van der Waals surface area contributed by atoms with Crippen molar-refractivity contribution in [3.63, 3.8) is 0 Å². The Morgan fingerprint density at radius 2 is 1.41 bits per heavy atom. The number of phenolic OH excluding ortho intramolecular Hbond substituents is 1. The highest BCUT2D eigenvalue weighted by atomic mass is 16.7. The van der Waals surface area contributed by atoms with E-state index in [1.54, 1.807) is 7.11 Å². The van der Waals surface area contributed by atoms with E-state index in [4.69, 9.17) is 14.2 Å². The van der Waals surface area contributed by atoms with Crippen LogP contribution in [0.5, 0.6) is 17.2 Å². The van der Waals surface area contributed by atoms with Crippen LogP contribution in [0.4, 0.5) is 0 Å². The van der Waals surface area contributed by atoms with Crippen LogP contribution in [0.15, 0.2) is 72.8 Å². The first-order valence-electron chi connectivity index (χ1n) is 13.9. The minimum Gasteiger partial charge on any atom is -0.507 e. The number of fused-ring (bicyclic) bond motifs is 8. The molecule has 4 aromatic carbocycles. The molecular weight excluding hydrogens is 484 g/mol. The molecule has 4 nitrogen and oxygen atoms in total. The largest absolute Gasteiger partial charge is 0.507 e. The highest BCUT2D eigenvalue weighted by Gasteiger charge is 2.54. The van der Waals surface area contributed by atoms with Crippen molar-refractivity contribution < 1.29 is 19.3 Å². The zero-order valence-electron chi connectivity index (χ0n) is 23.4. The fourth-order valence-corrected chi connectivity index (χ4v) is 8.46. The number of benzene rings is 4. The number of phenols is 1. The SMILES string of the molecule is COC1(c2ccccc2)COc2cc3c4c(cc(O)c3cc2O1)C1(CC(C)(C)CC(C)(C)C1)c1ccccc1-4. The molecule has 0 saturated heterocycles. The highest BCUT2D eigenvalue weighted by molar-refractivity contribution is 6.06. The Morgan fingerprint density at radius 1 is 0.744 bits per heavy atom. The number of ether oxygens (including phenoxy) is 3. The molecular formula is C35H36O4. The lowest BCUT2D eigenvalue weighted by Gasteiger charge is -2.51. The maximum absolute atomic E-state index is 11.6. The van der Waals surface area contributed by atoms with Gasteiger partial charge in [0, 0.05) is 23.5 Å². The third-order valence-corrected chi connectivity index (χ3v) is 9.16. The van der Waals surface area contributed by atoms with Gasteiger partial charge in [0.1, 0.15) is 5.75 Å². The topological polar surface area (TPSA) is 47.9 Å². The number of rotatable bonds is 2. The van der Waals surface area contributed by atoms with Crippen molar-refractivity contribution in [3.05, 3.63) is 89.5 Å². The van der Waals surface area contributed by atoms with E-state index in [0.717, 1.165) is 29.2 Å². The van der Waals surface area contributed by atoms with Crippen LogP contribution in [0.25, 0.3) is 21.9 Å². The molecule has 1 atom stereocenters. The minimum absolute atomic E-state index is 0.144. The lowest BCUT2D eigenvalue weighted by Crippen LogP contribution is -2.44. The smallest absolute Gasteiger partial charge is 0.271 e. The molecule has 1 N–H and O–H groups in total. The zero-order chi connectivity index (χ0) is 27.2. The van der Waals surface area contributed by atoms with E-state index >= 15 is 0 Å². The summed E-state index contributed by atoms with van der Waals surface area (Å²) in [4.78, 5) is 0. The molecule has 1 aliphatic heterocycles. The second kappa shape index (κ2) is 8.02. The number of methoxy groups -OCH3 is 1. The van der Waals surface area contributed by atoms with Crippen LogP contribution in [-0.2, 0) is 15.9 Å². The standard InChI is InChI=1S/C35H36O4/c1-32(2)18-33(3,4)20-34(19-32)26-14-10-9-13-23(26)31-25-16-29-30(15-24(25)28(36)17-27(31)34)39-35(37-5,21-38-29)22-11-7-6-8-12-22/h6-17,36H,18-21H2,1-5H3. The van der Waals surface area contributed by atoms with Crippen molar-refractivity contribution >= 4 is 10.8 Å². The summed E-state index contributed by atoms with van der Waals surface area (Å²) < 4.78 is 18.8. The van der Waals surface area contributed by atoms with Crippen LogP contribution < -0.4 is 9.47 Å². The first kappa shape index (κ1) is 24.5. The molecule has 1 spiro atoms. The van der Waals surface area contributed by atoms with Crippen LogP contribution >= 0.6 is 0 Å². The van der Waals surface area contributed by atoms with E-state index in [-0.39, 0.29) is 28.6 Å². The van der Waals surface area contributed by atoms with Gasteiger partial charge in [-0.3, -0.25) is 0 Å². The molecule has 4 heteroatoms. The molecule has 2 aliphatic carbocycles. The molecule has 3 aliphatic rings. The Bertz CT molecular complexity index is 1600. The van der Waals surface area contributed by atoms with Crippen molar-refractivity contribution in [1.29, 1.82) is 0 Å². The van der Waals surface area contributed by atoms with Crippen molar-refractivity contribution in [3.8, 4) is 28.4 Å². The fourth-order valence-electron chi connectivity index (χ4n) is 8.46. The molecule has 7 rings (SSSR count). The van der Waals surface area contributed by atoms with Gasteiger partial charge in [0.2, 0.25) is 0 Å². The molecule has 0 radical (unpaired) electrons. The number of hydrogen-bond donors (Lipinski definition) is 1. The summed E-state index contributed by atoms with van der Waals surface area (Å²) in [6.45, 7) is 9.82. The normalized spacial score (nSPS) is 23.4. The summed E-state index contributed by atoms with van der Waals surface area (Å²) in [5.41, 5.74) is 6.18. The van der Waals surface area contributed by atoms with Crippen molar-refractivity contribution in [2.24, 2.45) is 10.8 Å². The monoisotopic (exact) mass is 520 g/mol. The van der Waals surface area contributed by atoms with Gasteiger partial charge in [0.05, 0.1) is 0 Å². The van der Waals surface area contributed by atoms with E-state index in [9.17, 15) is 5.11 Å². The van der Waals surface area contributed by atoms with Gasteiger partial charge < -0.3 is 19.3 Å². The Labute approximate surface area is 230 Å². The summed E-state index contributed by atoms with van der Waals surface area (Å²) in [6, 6.07) is 24.7. The number of hydrogen-bond acceptors (Lipinski definition) is 4. The average molecular weight is 521 g/mol. The summed E-state index contributed by atoms with van der Waals surface area (Å²) in [7, 11) is 1.64. The molecule has 1 heterocycles. The second-order valence-corrected chi connectivity index (χ2v) is 13.4. The lowest BCUT2D eigenvalue weighted by atomic mass is 9.52. The van der Waals surface area contributed by atoms with Gasteiger partial charge >= 0.3 is 0 Å². The van der Waals surface area contributed by atoms with Gasteiger partial charge in [0.25, 0.3) is 5.79 Å². The minimum atomic E-state index is -1.05. The van der Waals surface area contributed by atoms with Crippen LogP contribution in [0, 0.1) is 10.8 Å². The van der Waals surface area contributed by atoms with E-state index < -0.39 is 5.79 Å². The molecule has 0 bridgehead atoms. The van der Waals surface area contributed by atoms with E-state index in [2.05, 4.69) is 58.0 Å². The van der Waals surface area contributed by atoms with Gasteiger partial charge in [-0.25, -0.2) is 0 Å². The van der Waals surface area contributed by atoms with Gasteiger partial charge in [-0.1, -0.05) is 82.3 Å². The fraction of sp³-hybridized carbons (Fsp3) is 0.371. The molecule has 1 saturated carbocycles. The predicted molar refractivity (Wildman–Crippen MR) is 154 cm³/mol. The predicted octanol–water partition coefficient (Wildman–Crippen LogP) is 8.32. The first-order valence-corrected chi connectivity index (χ1v) is 13.9. The summed E-state index contributed by atoms with van der Waals surface area (Å²) in [5, 5.41) is 13.3. The Balaban J connectivity index is 1.45. The average Bonchev–Trinajstić information content (AvgIpc) is 3.14. The summed E-state index contributed by atoms with van der Waals surface area (Å²) in [6.07, 6.45) is 3.28. The highest BCUT2D eigenvalue weighted by Crippen LogP contribution is 2.65.